The molecule has 0 saturated heterocycles. The monoisotopic (exact) mass is 215 g/mol. The third-order valence-corrected chi connectivity index (χ3v) is 1.12. The molecule has 0 spiro atoms. The number of carbonyl (C=O) groups is 2. The number of amides is 1. The summed E-state index contributed by atoms with van der Waals surface area (Å²) in [6.07, 6.45) is -4.43. The van der Waals surface area contributed by atoms with Gasteiger partial charge >= 0.3 is 12.1 Å². The number of carboxylic acids is 1. The minimum Gasteiger partial charge on any atom is -0.480 e. The first-order chi connectivity index (χ1) is 6.37. The van der Waals surface area contributed by atoms with Crippen molar-refractivity contribution in [3.8, 4) is 0 Å². The Labute approximate surface area is 76.8 Å². The molecule has 0 aliphatic heterocycles. The molecule has 0 saturated carbocycles. The normalized spacial score (nSPS) is 13.4. The third kappa shape index (κ3) is 6.23. The summed E-state index contributed by atoms with van der Waals surface area (Å²) in [7, 11) is 0. The van der Waals surface area contributed by atoms with E-state index in [1.54, 1.807) is 5.32 Å². The van der Waals surface area contributed by atoms with Crippen LogP contribution < -0.4 is 5.32 Å². The predicted octanol–water partition coefficient (Wildman–Crippen LogP) is -0.236. The van der Waals surface area contributed by atoms with Crippen LogP contribution in [0.3, 0.4) is 0 Å². The summed E-state index contributed by atoms with van der Waals surface area (Å²) in [5.41, 5.74) is 0. The van der Waals surface area contributed by atoms with Gasteiger partial charge in [-0.05, 0) is 0 Å². The van der Waals surface area contributed by atoms with Crippen LogP contribution in [0.5, 0.6) is 0 Å². The fraction of sp³-hybridized carbons (Fsp3) is 0.667. The van der Waals surface area contributed by atoms with Crippen molar-refractivity contribution >= 4 is 12.4 Å². The van der Waals surface area contributed by atoms with Crippen LogP contribution in [-0.2, 0) is 14.3 Å². The smallest absolute Gasteiger partial charge is 0.411 e. The molecule has 1 amide bonds. The molecule has 1 unspecified atom stereocenters. The molecule has 14 heavy (non-hydrogen) atoms. The molecule has 0 fully saturated rings. The van der Waals surface area contributed by atoms with E-state index >= 15 is 0 Å². The van der Waals surface area contributed by atoms with Gasteiger partial charge in [0.1, 0.15) is 12.6 Å². The van der Waals surface area contributed by atoms with E-state index in [0.717, 1.165) is 0 Å². The molecule has 0 aliphatic carbocycles. The van der Waals surface area contributed by atoms with E-state index in [-0.39, 0.29) is 6.41 Å². The molecule has 0 aromatic carbocycles. The van der Waals surface area contributed by atoms with E-state index in [2.05, 4.69) is 4.74 Å². The maximum Gasteiger partial charge on any atom is 0.411 e. The zero-order valence-electron chi connectivity index (χ0n) is 6.87. The molecule has 5 nitrogen and oxygen atoms in total. The first-order valence-corrected chi connectivity index (χ1v) is 3.44. The number of ether oxygens (including phenoxy) is 1. The van der Waals surface area contributed by atoms with Gasteiger partial charge in [0, 0.05) is 0 Å². The standard InChI is InChI=1S/C6H8F3NO4/c7-6(8,9)2-14-1-4(5(12)13)10-3-11/h3-4H,1-2H2,(H,10,11)(H,12,13). The Morgan fingerprint density at radius 1 is 1.57 bits per heavy atom. The molecule has 8 heteroatoms. The molecule has 82 valence electrons. The van der Waals surface area contributed by atoms with Gasteiger partial charge in [0.15, 0.2) is 0 Å². The number of rotatable bonds is 6. The van der Waals surface area contributed by atoms with Gasteiger partial charge in [0.05, 0.1) is 6.61 Å². The molecule has 1 atom stereocenters. The van der Waals surface area contributed by atoms with Crippen LogP contribution in [0.4, 0.5) is 13.2 Å². The minimum absolute atomic E-state index is 0.0791. The number of nitrogens with one attached hydrogen (secondary N) is 1. The van der Waals surface area contributed by atoms with Gasteiger partial charge in [0.25, 0.3) is 0 Å². The summed E-state index contributed by atoms with van der Waals surface area (Å²) in [6.45, 7) is -2.27. The molecular weight excluding hydrogens is 207 g/mol. The van der Waals surface area contributed by atoms with Crippen LogP contribution in [0, 0.1) is 0 Å². The summed E-state index contributed by atoms with van der Waals surface area (Å²) in [5, 5.41) is 10.1. The lowest BCUT2D eigenvalue weighted by molar-refractivity contribution is -0.177. The van der Waals surface area contributed by atoms with Crippen LogP contribution in [0.1, 0.15) is 0 Å². The molecule has 0 heterocycles. The maximum atomic E-state index is 11.5. The third-order valence-electron chi connectivity index (χ3n) is 1.12. The number of hydrogen-bond acceptors (Lipinski definition) is 3. The summed E-state index contributed by atoms with van der Waals surface area (Å²) in [4.78, 5) is 20.1. The topological polar surface area (TPSA) is 75.6 Å². The lowest BCUT2D eigenvalue weighted by Crippen LogP contribution is -2.40. The van der Waals surface area contributed by atoms with Gasteiger partial charge < -0.3 is 15.2 Å². The predicted molar refractivity (Wildman–Crippen MR) is 37.5 cm³/mol. The van der Waals surface area contributed by atoms with Gasteiger partial charge in [-0.1, -0.05) is 0 Å². The highest BCUT2D eigenvalue weighted by Crippen LogP contribution is 2.14. The Balaban J connectivity index is 3.83. The Morgan fingerprint density at radius 2 is 2.14 bits per heavy atom. The van der Waals surface area contributed by atoms with Gasteiger partial charge in [-0.25, -0.2) is 4.79 Å². The average Bonchev–Trinajstić information content (AvgIpc) is 2.00. The highest BCUT2D eigenvalue weighted by atomic mass is 19.4. The van der Waals surface area contributed by atoms with E-state index in [1.807, 2.05) is 0 Å². The van der Waals surface area contributed by atoms with Crippen LogP contribution in [0.15, 0.2) is 0 Å². The van der Waals surface area contributed by atoms with Crippen molar-refractivity contribution < 1.29 is 32.6 Å². The van der Waals surface area contributed by atoms with Crippen LogP contribution >= 0.6 is 0 Å². The van der Waals surface area contributed by atoms with Crippen molar-refractivity contribution in [3.05, 3.63) is 0 Å². The summed E-state index contributed by atoms with van der Waals surface area (Å²) in [5.74, 6) is -1.46. The van der Waals surface area contributed by atoms with E-state index in [4.69, 9.17) is 5.11 Å². The lowest BCUT2D eigenvalue weighted by atomic mass is 10.3. The second-order valence-corrected chi connectivity index (χ2v) is 2.31. The molecule has 0 radical (unpaired) electrons. The number of halogens is 3. The Bertz CT molecular complexity index is 206. The maximum absolute atomic E-state index is 11.5. The van der Waals surface area contributed by atoms with Crippen molar-refractivity contribution in [2.45, 2.75) is 12.2 Å². The molecule has 0 rings (SSSR count). The average molecular weight is 215 g/mol. The van der Waals surface area contributed by atoms with Crippen molar-refractivity contribution in [3.63, 3.8) is 0 Å². The van der Waals surface area contributed by atoms with Crippen molar-refractivity contribution in [1.29, 1.82) is 0 Å². The van der Waals surface area contributed by atoms with Gasteiger partial charge in [-0.2, -0.15) is 13.2 Å². The second-order valence-electron chi connectivity index (χ2n) is 2.31. The SMILES string of the molecule is O=CNC(COCC(F)(F)F)C(=O)O. The molecule has 0 aromatic rings. The lowest BCUT2D eigenvalue weighted by Gasteiger charge is -2.12. The van der Waals surface area contributed by atoms with Crippen LogP contribution in [-0.4, -0.2) is 42.9 Å². The number of carbonyl (C=O) groups excluding carboxylic acids is 1. The van der Waals surface area contributed by atoms with E-state index in [0.29, 0.717) is 0 Å². The Morgan fingerprint density at radius 3 is 2.50 bits per heavy atom. The number of hydrogen-bond donors (Lipinski definition) is 2. The van der Waals surface area contributed by atoms with Crippen molar-refractivity contribution in [1.82, 2.24) is 5.32 Å². The van der Waals surface area contributed by atoms with E-state index < -0.39 is 31.4 Å². The minimum atomic E-state index is -4.51. The van der Waals surface area contributed by atoms with Crippen LogP contribution in [0.2, 0.25) is 0 Å². The quantitative estimate of drug-likeness (QED) is 0.600. The van der Waals surface area contributed by atoms with Crippen molar-refractivity contribution in [2.24, 2.45) is 0 Å². The van der Waals surface area contributed by atoms with Gasteiger partial charge in [-0.3, -0.25) is 4.79 Å². The first kappa shape index (κ1) is 12.7. The summed E-state index contributed by atoms with van der Waals surface area (Å²) < 4.78 is 38.6. The van der Waals surface area contributed by atoms with Gasteiger partial charge in [-0.15, -0.1) is 0 Å². The molecule has 0 aromatic heterocycles. The highest BCUT2D eigenvalue weighted by Gasteiger charge is 2.28. The molecule has 0 aliphatic rings. The summed E-state index contributed by atoms with van der Waals surface area (Å²) in [6, 6.07) is -1.46. The number of aliphatic carboxylic acids is 1. The Hall–Kier alpha value is -1.31. The van der Waals surface area contributed by atoms with Crippen LogP contribution in [0.25, 0.3) is 0 Å². The zero-order valence-corrected chi connectivity index (χ0v) is 6.87. The fourth-order valence-electron chi connectivity index (χ4n) is 0.565. The first-order valence-electron chi connectivity index (χ1n) is 3.44. The second kappa shape index (κ2) is 5.43. The van der Waals surface area contributed by atoms with E-state index in [1.165, 1.54) is 0 Å². The highest BCUT2D eigenvalue weighted by molar-refractivity contribution is 5.76. The van der Waals surface area contributed by atoms with Gasteiger partial charge in [0.2, 0.25) is 6.41 Å². The largest absolute Gasteiger partial charge is 0.480 e. The fourth-order valence-corrected chi connectivity index (χ4v) is 0.565. The zero-order chi connectivity index (χ0) is 11.2. The molecule has 0 bridgehead atoms. The Kier molecular flexibility index (Phi) is 4.92. The number of alkyl halides is 3. The van der Waals surface area contributed by atoms with E-state index in [9.17, 15) is 22.8 Å². The van der Waals surface area contributed by atoms with Crippen molar-refractivity contribution in [2.75, 3.05) is 13.2 Å². The molecular formula is C6H8F3NO4. The number of carboxylic acid groups (broad SMARTS) is 1. The summed E-state index contributed by atoms with van der Waals surface area (Å²) >= 11 is 0. The molecule has 2 N–H and O–H groups in total.